The van der Waals surface area contributed by atoms with Crippen molar-refractivity contribution in [2.45, 2.75) is 0 Å². The molecule has 0 unspecified atom stereocenters. The average Bonchev–Trinajstić information content (AvgIpc) is 1.41. The molecule has 5 nitrogen and oxygen atoms in total. The van der Waals surface area contributed by atoms with Crippen LogP contribution in [0.15, 0.2) is 0 Å². The molecule has 0 aliphatic rings. The van der Waals surface area contributed by atoms with Gasteiger partial charge in [0.1, 0.15) is 0 Å². The predicted molar refractivity (Wildman–Crippen MR) is 25.8 cm³/mol. The molecule has 7 N–H and O–H groups in total. The van der Waals surface area contributed by atoms with Crippen LogP contribution in [0.4, 0.5) is 4.79 Å². The summed E-state index contributed by atoms with van der Waals surface area (Å²) in [7, 11) is 1.50. The molecule has 5 heteroatoms. The summed E-state index contributed by atoms with van der Waals surface area (Å²) in [6.45, 7) is 0. The van der Waals surface area contributed by atoms with Gasteiger partial charge in [-0.25, -0.2) is 4.79 Å². The number of nitrogens with two attached hydrogens (primary N) is 1. The number of carbonyl (C=O) groups is 1. The molecule has 46 valence electrons. The Hall–Kier alpha value is -0.810. The van der Waals surface area contributed by atoms with Crippen molar-refractivity contribution in [3.05, 3.63) is 0 Å². The van der Waals surface area contributed by atoms with E-state index in [1.165, 1.54) is 7.05 Å². The molecule has 0 fully saturated rings. The lowest BCUT2D eigenvalue weighted by Crippen LogP contribution is -1.81. The van der Waals surface area contributed by atoms with Crippen molar-refractivity contribution in [1.29, 1.82) is 0 Å². The highest BCUT2D eigenvalue weighted by molar-refractivity contribution is 5.53. The maximum absolute atomic E-state index is 8.56. The van der Waals surface area contributed by atoms with Crippen molar-refractivity contribution >= 4 is 6.16 Å². The molecule has 0 aromatic heterocycles. The lowest BCUT2D eigenvalue weighted by atomic mass is 11.5. The summed E-state index contributed by atoms with van der Waals surface area (Å²) in [6.07, 6.45) is -1.83. The molecule has 0 aliphatic heterocycles. The van der Waals surface area contributed by atoms with Gasteiger partial charge in [-0.15, -0.1) is 0 Å². The third-order valence-electron chi connectivity index (χ3n) is 0. The van der Waals surface area contributed by atoms with Crippen molar-refractivity contribution in [3.63, 3.8) is 0 Å². The molecule has 0 heterocycles. The van der Waals surface area contributed by atoms with Crippen LogP contribution in [-0.4, -0.2) is 23.4 Å². The third kappa shape index (κ3) is 80.5. The second kappa shape index (κ2) is 19.0. The summed E-state index contributed by atoms with van der Waals surface area (Å²) in [5, 5.41) is 13.9. The summed E-state index contributed by atoms with van der Waals surface area (Å²) >= 11 is 0. The van der Waals surface area contributed by atoms with E-state index in [2.05, 4.69) is 5.73 Å². The Morgan fingerprint density at radius 1 is 1.43 bits per heavy atom. The molecule has 0 aromatic carbocycles. The first-order valence-corrected chi connectivity index (χ1v) is 1.23. The maximum Gasteiger partial charge on any atom is 0.503 e. The van der Waals surface area contributed by atoms with Crippen LogP contribution in [0.5, 0.6) is 0 Å². The number of carboxylic acid groups (broad SMARTS) is 2. The molecule has 7 heavy (non-hydrogen) atoms. The minimum Gasteiger partial charge on any atom is -0.450 e. The second-order valence-electron chi connectivity index (χ2n) is 0.283. The predicted octanol–water partition coefficient (Wildman–Crippen LogP) is -0.0407. The molecule has 0 rings (SSSR count). The van der Waals surface area contributed by atoms with Crippen LogP contribution in [0.1, 0.15) is 0 Å². The molecule has 0 aromatic rings. The number of hydrogen-bond acceptors (Lipinski definition) is 3. The SMILES string of the molecule is CN.N.O=C(O)O. The van der Waals surface area contributed by atoms with Crippen LogP contribution in [-0.2, 0) is 0 Å². The van der Waals surface area contributed by atoms with Crippen molar-refractivity contribution in [3.8, 4) is 0 Å². The third-order valence-corrected chi connectivity index (χ3v) is 0. The van der Waals surface area contributed by atoms with E-state index < -0.39 is 6.16 Å². The Kier molecular flexibility index (Phi) is 44.5. The van der Waals surface area contributed by atoms with Gasteiger partial charge in [-0.3, -0.25) is 0 Å². The number of hydrogen-bond donors (Lipinski definition) is 4. The minimum absolute atomic E-state index is 0. The van der Waals surface area contributed by atoms with Crippen molar-refractivity contribution < 1.29 is 15.0 Å². The van der Waals surface area contributed by atoms with E-state index in [0.717, 1.165) is 0 Å². The Bertz CT molecular complexity index is 33.9. The van der Waals surface area contributed by atoms with Crippen LogP contribution < -0.4 is 11.9 Å². The first kappa shape index (κ1) is 16.4. The van der Waals surface area contributed by atoms with E-state index in [1.54, 1.807) is 0 Å². The van der Waals surface area contributed by atoms with Crippen LogP contribution in [0, 0.1) is 0 Å². The van der Waals surface area contributed by atoms with Gasteiger partial charge in [-0.1, -0.05) is 0 Å². The van der Waals surface area contributed by atoms with E-state index in [0.29, 0.717) is 0 Å². The van der Waals surface area contributed by atoms with E-state index in [1.807, 2.05) is 0 Å². The maximum atomic E-state index is 8.56. The lowest BCUT2D eigenvalue weighted by molar-refractivity contribution is 0.137. The standard InChI is InChI=1S/CH5N.CH2O3.H3N/c1-2;2-1(3)4;/h2H2,1H3;(H2,2,3,4);1H3. The Labute approximate surface area is 41.3 Å². The monoisotopic (exact) mass is 110 g/mol. The van der Waals surface area contributed by atoms with Crippen LogP contribution in [0.2, 0.25) is 0 Å². The van der Waals surface area contributed by atoms with Gasteiger partial charge in [0.25, 0.3) is 0 Å². The molecular formula is C2H10N2O3. The molecular weight excluding hydrogens is 100 g/mol. The summed E-state index contributed by atoms with van der Waals surface area (Å²) in [5.41, 5.74) is 4.50. The van der Waals surface area contributed by atoms with Crippen molar-refractivity contribution in [2.75, 3.05) is 7.05 Å². The quantitative estimate of drug-likeness (QED) is 0.349. The molecule has 0 radical (unpaired) electrons. The summed E-state index contributed by atoms with van der Waals surface area (Å²) in [6, 6.07) is 0. The fourth-order valence-electron chi connectivity index (χ4n) is 0. The lowest BCUT2D eigenvalue weighted by Gasteiger charge is -1.60. The first-order valence-electron chi connectivity index (χ1n) is 1.23. The highest BCUT2D eigenvalue weighted by Crippen LogP contribution is 1.42. The minimum atomic E-state index is -1.83. The van der Waals surface area contributed by atoms with E-state index in [-0.39, 0.29) is 6.15 Å². The molecule has 0 saturated heterocycles. The average molecular weight is 110 g/mol. The van der Waals surface area contributed by atoms with Gasteiger partial charge in [0, 0.05) is 0 Å². The van der Waals surface area contributed by atoms with Gasteiger partial charge in [0.05, 0.1) is 0 Å². The molecule has 0 atom stereocenters. The fraction of sp³-hybridized carbons (Fsp3) is 0.500. The van der Waals surface area contributed by atoms with Gasteiger partial charge in [0.15, 0.2) is 0 Å². The molecule has 0 amide bonds. The zero-order valence-corrected chi connectivity index (χ0v) is 4.09. The molecule has 0 aliphatic carbocycles. The Morgan fingerprint density at radius 3 is 1.43 bits per heavy atom. The molecule has 0 bridgehead atoms. The van der Waals surface area contributed by atoms with E-state index in [9.17, 15) is 0 Å². The number of rotatable bonds is 0. The van der Waals surface area contributed by atoms with Gasteiger partial charge >= 0.3 is 6.16 Å². The Balaban J connectivity index is -0.0000000480. The zero-order valence-electron chi connectivity index (χ0n) is 4.09. The van der Waals surface area contributed by atoms with Crippen LogP contribution >= 0.6 is 0 Å². The fourth-order valence-corrected chi connectivity index (χ4v) is 0. The molecule has 0 saturated carbocycles. The second-order valence-corrected chi connectivity index (χ2v) is 0.283. The van der Waals surface area contributed by atoms with E-state index >= 15 is 0 Å². The first-order chi connectivity index (χ1) is 2.73. The highest BCUT2D eigenvalue weighted by atomic mass is 16.6. The van der Waals surface area contributed by atoms with Gasteiger partial charge < -0.3 is 22.1 Å². The molecule has 0 spiro atoms. The normalized spacial score (nSPS) is 4.29. The van der Waals surface area contributed by atoms with E-state index in [4.69, 9.17) is 15.0 Å². The van der Waals surface area contributed by atoms with Gasteiger partial charge in [-0.05, 0) is 7.05 Å². The van der Waals surface area contributed by atoms with Gasteiger partial charge in [0.2, 0.25) is 0 Å². The topological polar surface area (TPSA) is 119 Å². The highest BCUT2D eigenvalue weighted by Gasteiger charge is 1.70. The zero-order chi connectivity index (χ0) is 5.58. The van der Waals surface area contributed by atoms with Crippen LogP contribution in [0.3, 0.4) is 0 Å². The van der Waals surface area contributed by atoms with Gasteiger partial charge in [-0.2, -0.15) is 0 Å². The van der Waals surface area contributed by atoms with Crippen molar-refractivity contribution in [1.82, 2.24) is 6.15 Å². The van der Waals surface area contributed by atoms with Crippen LogP contribution in [0.25, 0.3) is 0 Å². The smallest absolute Gasteiger partial charge is 0.450 e. The van der Waals surface area contributed by atoms with Crippen molar-refractivity contribution in [2.24, 2.45) is 5.73 Å². The largest absolute Gasteiger partial charge is 0.503 e. The summed E-state index contributed by atoms with van der Waals surface area (Å²) in [4.78, 5) is 8.56. The summed E-state index contributed by atoms with van der Waals surface area (Å²) < 4.78 is 0. The Morgan fingerprint density at radius 2 is 1.43 bits per heavy atom. The summed E-state index contributed by atoms with van der Waals surface area (Å²) in [5.74, 6) is 0.